The number of hydrogen-bond acceptors (Lipinski definition) is 3. The molecule has 110 valence electrons. The van der Waals surface area contributed by atoms with Crippen molar-refractivity contribution in [2.24, 2.45) is 0 Å². The molecule has 4 nitrogen and oxygen atoms in total. The van der Waals surface area contributed by atoms with E-state index in [9.17, 15) is 4.79 Å². The fraction of sp³-hybridized carbons (Fsp3) is 0.235. The van der Waals surface area contributed by atoms with Crippen molar-refractivity contribution in [3.63, 3.8) is 0 Å². The zero-order valence-electron chi connectivity index (χ0n) is 12.5. The van der Waals surface area contributed by atoms with Crippen molar-refractivity contribution in [3.05, 3.63) is 59.7 Å². The van der Waals surface area contributed by atoms with Gasteiger partial charge in [-0.15, -0.1) is 0 Å². The van der Waals surface area contributed by atoms with E-state index in [1.54, 1.807) is 14.2 Å². The first-order valence-electron chi connectivity index (χ1n) is 6.87. The molecule has 4 heteroatoms. The summed E-state index contributed by atoms with van der Waals surface area (Å²) in [5.41, 5.74) is 2.49. The van der Waals surface area contributed by atoms with Crippen LogP contribution >= 0.6 is 0 Å². The molecule has 0 bridgehead atoms. The number of benzene rings is 2. The minimum absolute atomic E-state index is 0.0756. The summed E-state index contributed by atoms with van der Waals surface area (Å²) in [5.74, 6) is 0.709. The Balaban J connectivity index is 2.11. The van der Waals surface area contributed by atoms with Crippen LogP contribution in [0.5, 0.6) is 5.75 Å². The molecule has 0 unspecified atom stereocenters. The normalized spacial score (nSPS) is 11.6. The Labute approximate surface area is 125 Å². The molecule has 0 spiro atoms. The van der Waals surface area contributed by atoms with E-state index in [2.05, 4.69) is 10.6 Å². The van der Waals surface area contributed by atoms with E-state index in [1.807, 2.05) is 55.5 Å². The Morgan fingerprint density at radius 2 is 1.76 bits per heavy atom. The van der Waals surface area contributed by atoms with Gasteiger partial charge in [0.25, 0.3) is 5.91 Å². The van der Waals surface area contributed by atoms with Crippen LogP contribution in [-0.2, 0) is 0 Å². The predicted octanol–water partition coefficient (Wildman–Crippen LogP) is 3.23. The van der Waals surface area contributed by atoms with Gasteiger partial charge in [-0.1, -0.05) is 24.3 Å². The van der Waals surface area contributed by atoms with Crippen molar-refractivity contribution in [2.75, 3.05) is 19.5 Å². The van der Waals surface area contributed by atoms with Crippen LogP contribution in [-0.4, -0.2) is 20.1 Å². The van der Waals surface area contributed by atoms with E-state index in [0.717, 1.165) is 17.0 Å². The molecule has 0 saturated heterocycles. The Kier molecular flexibility index (Phi) is 4.82. The van der Waals surface area contributed by atoms with Gasteiger partial charge in [-0.2, -0.15) is 0 Å². The minimum Gasteiger partial charge on any atom is -0.497 e. The van der Waals surface area contributed by atoms with Crippen LogP contribution in [0.4, 0.5) is 5.69 Å². The quantitative estimate of drug-likeness (QED) is 0.886. The van der Waals surface area contributed by atoms with Crippen molar-refractivity contribution < 1.29 is 9.53 Å². The van der Waals surface area contributed by atoms with Gasteiger partial charge >= 0.3 is 0 Å². The summed E-state index contributed by atoms with van der Waals surface area (Å²) in [5, 5.41) is 6.03. The second-order valence-corrected chi connectivity index (χ2v) is 4.76. The van der Waals surface area contributed by atoms with Gasteiger partial charge in [-0.3, -0.25) is 4.79 Å². The maximum absolute atomic E-state index is 12.4. The molecule has 0 aliphatic rings. The van der Waals surface area contributed by atoms with Crippen molar-refractivity contribution in [3.8, 4) is 5.75 Å². The number of amides is 1. The maximum atomic E-state index is 12.4. The molecule has 0 saturated carbocycles. The lowest BCUT2D eigenvalue weighted by atomic mass is 10.1. The number of rotatable bonds is 5. The lowest BCUT2D eigenvalue weighted by Crippen LogP contribution is -2.27. The first-order chi connectivity index (χ1) is 10.2. The number of carbonyl (C=O) groups excluding carboxylic acids is 1. The number of hydrogen-bond donors (Lipinski definition) is 2. The van der Waals surface area contributed by atoms with Crippen molar-refractivity contribution >= 4 is 11.6 Å². The minimum atomic E-state index is -0.0942. The Morgan fingerprint density at radius 3 is 2.38 bits per heavy atom. The average molecular weight is 284 g/mol. The number of para-hydroxylation sites is 1. The Morgan fingerprint density at radius 1 is 1.10 bits per heavy atom. The predicted molar refractivity (Wildman–Crippen MR) is 84.9 cm³/mol. The highest BCUT2D eigenvalue weighted by Gasteiger charge is 2.14. The molecule has 0 aliphatic carbocycles. The highest BCUT2D eigenvalue weighted by atomic mass is 16.5. The van der Waals surface area contributed by atoms with Gasteiger partial charge < -0.3 is 15.4 Å². The van der Waals surface area contributed by atoms with Crippen LogP contribution < -0.4 is 15.4 Å². The first-order valence-corrected chi connectivity index (χ1v) is 6.87. The number of nitrogens with one attached hydrogen (secondary N) is 2. The number of carbonyl (C=O) groups is 1. The highest BCUT2D eigenvalue weighted by Crippen LogP contribution is 2.19. The Bertz CT molecular complexity index is 608. The molecule has 0 aliphatic heterocycles. The lowest BCUT2D eigenvalue weighted by Gasteiger charge is -2.16. The molecular weight excluding hydrogens is 264 g/mol. The molecule has 1 atom stereocenters. The third-order valence-electron chi connectivity index (χ3n) is 3.40. The van der Waals surface area contributed by atoms with E-state index in [-0.39, 0.29) is 11.9 Å². The summed E-state index contributed by atoms with van der Waals surface area (Å²) < 4.78 is 5.13. The summed E-state index contributed by atoms with van der Waals surface area (Å²) in [4.78, 5) is 12.4. The zero-order valence-corrected chi connectivity index (χ0v) is 12.5. The van der Waals surface area contributed by atoms with E-state index in [0.29, 0.717) is 5.56 Å². The van der Waals surface area contributed by atoms with Gasteiger partial charge in [-0.05, 0) is 36.8 Å². The monoisotopic (exact) mass is 284 g/mol. The first kappa shape index (κ1) is 14.9. The molecular formula is C17H20N2O2. The second-order valence-electron chi connectivity index (χ2n) is 4.76. The number of methoxy groups -OCH3 is 1. The fourth-order valence-corrected chi connectivity index (χ4v) is 2.15. The van der Waals surface area contributed by atoms with Gasteiger partial charge in [-0.25, -0.2) is 0 Å². The van der Waals surface area contributed by atoms with Crippen molar-refractivity contribution in [1.29, 1.82) is 0 Å². The van der Waals surface area contributed by atoms with Gasteiger partial charge in [0.2, 0.25) is 0 Å². The van der Waals surface area contributed by atoms with E-state index in [4.69, 9.17) is 4.74 Å². The van der Waals surface area contributed by atoms with Gasteiger partial charge in [0, 0.05) is 12.7 Å². The van der Waals surface area contributed by atoms with E-state index in [1.165, 1.54) is 0 Å². The van der Waals surface area contributed by atoms with Crippen LogP contribution in [0, 0.1) is 0 Å². The summed E-state index contributed by atoms with van der Waals surface area (Å²) >= 11 is 0. The van der Waals surface area contributed by atoms with Crippen molar-refractivity contribution in [1.82, 2.24) is 5.32 Å². The van der Waals surface area contributed by atoms with Crippen LogP contribution in [0.25, 0.3) is 0 Å². The van der Waals surface area contributed by atoms with Crippen LogP contribution in [0.2, 0.25) is 0 Å². The van der Waals surface area contributed by atoms with Crippen LogP contribution in [0.1, 0.15) is 28.9 Å². The highest BCUT2D eigenvalue weighted by molar-refractivity contribution is 5.99. The maximum Gasteiger partial charge on any atom is 0.253 e. The third-order valence-corrected chi connectivity index (χ3v) is 3.40. The molecule has 2 N–H and O–H groups in total. The molecule has 0 aromatic heterocycles. The van der Waals surface area contributed by atoms with Crippen LogP contribution in [0.15, 0.2) is 48.5 Å². The summed E-state index contributed by atoms with van der Waals surface area (Å²) in [6.45, 7) is 1.96. The summed E-state index contributed by atoms with van der Waals surface area (Å²) in [7, 11) is 3.44. The molecule has 0 heterocycles. The summed E-state index contributed by atoms with van der Waals surface area (Å²) in [6.07, 6.45) is 0. The topological polar surface area (TPSA) is 50.4 Å². The molecule has 21 heavy (non-hydrogen) atoms. The molecule has 0 radical (unpaired) electrons. The average Bonchev–Trinajstić information content (AvgIpc) is 2.54. The van der Waals surface area contributed by atoms with Crippen LogP contribution in [0.3, 0.4) is 0 Å². The fourth-order valence-electron chi connectivity index (χ4n) is 2.15. The molecule has 1 amide bonds. The second kappa shape index (κ2) is 6.79. The SMILES string of the molecule is CNc1ccccc1C(=O)N[C@@H](C)c1ccc(OC)cc1. The Hall–Kier alpha value is -2.49. The van der Waals surface area contributed by atoms with Gasteiger partial charge in [0.1, 0.15) is 5.75 Å². The number of ether oxygens (including phenoxy) is 1. The van der Waals surface area contributed by atoms with Gasteiger partial charge in [0.05, 0.1) is 18.7 Å². The van der Waals surface area contributed by atoms with Gasteiger partial charge in [0.15, 0.2) is 0 Å². The lowest BCUT2D eigenvalue weighted by molar-refractivity contribution is 0.0940. The molecule has 2 aromatic rings. The molecule has 0 fully saturated rings. The number of anilines is 1. The molecule has 2 aromatic carbocycles. The largest absolute Gasteiger partial charge is 0.497 e. The third kappa shape index (κ3) is 3.54. The van der Waals surface area contributed by atoms with E-state index < -0.39 is 0 Å². The smallest absolute Gasteiger partial charge is 0.253 e. The zero-order chi connectivity index (χ0) is 15.2. The summed E-state index contributed by atoms with van der Waals surface area (Å²) in [6, 6.07) is 15.0. The standard InChI is InChI=1S/C17H20N2O2/c1-12(13-8-10-14(21-3)11-9-13)19-17(20)15-6-4-5-7-16(15)18-2/h4-12,18H,1-3H3,(H,19,20)/t12-/m0/s1. The van der Waals surface area contributed by atoms with E-state index >= 15 is 0 Å². The molecule has 2 rings (SSSR count). The van der Waals surface area contributed by atoms with Crippen molar-refractivity contribution in [2.45, 2.75) is 13.0 Å².